The van der Waals surface area contributed by atoms with Gasteiger partial charge in [-0.15, -0.1) is 10.2 Å². The molecular weight excluding hydrogens is 488 g/mol. The van der Waals surface area contributed by atoms with Crippen LogP contribution >= 0.6 is 15.9 Å². The first-order valence-corrected chi connectivity index (χ1v) is 11.2. The summed E-state index contributed by atoms with van der Waals surface area (Å²) >= 11 is 3.38. The fraction of sp³-hybridized carbons (Fsp3) is 0.167. The molecule has 0 bridgehead atoms. The van der Waals surface area contributed by atoms with Crippen molar-refractivity contribution in [1.82, 2.24) is 10.2 Å². The van der Waals surface area contributed by atoms with Gasteiger partial charge in [0.1, 0.15) is 11.1 Å². The molecule has 33 heavy (non-hydrogen) atoms. The zero-order valence-electron chi connectivity index (χ0n) is 17.5. The van der Waals surface area contributed by atoms with Gasteiger partial charge in [0.2, 0.25) is 0 Å². The van der Waals surface area contributed by atoms with Gasteiger partial charge in [-0.2, -0.15) is 0 Å². The average molecular weight is 507 g/mol. The summed E-state index contributed by atoms with van der Waals surface area (Å²) in [5, 5.41) is 12.1. The van der Waals surface area contributed by atoms with E-state index in [0.29, 0.717) is 35.6 Å². The summed E-state index contributed by atoms with van der Waals surface area (Å²) in [6.45, 7) is 2.93. The number of ether oxygens (including phenoxy) is 1. The number of morpholine rings is 1. The van der Waals surface area contributed by atoms with E-state index < -0.39 is 11.5 Å². The minimum Gasteiger partial charge on any atom is -0.422 e. The number of hydrogen-bond acceptors (Lipinski definition) is 7. The average Bonchev–Trinajstić information content (AvgIpc) is 2.84. The van der Waals surface area contributed by atoms with Crippen molar-refractivity contribution in [3.63, 3.8) is 0 Å². The highest BCUT2D eigenvalue weighted by Crippen LogP contribution is 2.23. The van der Waals surface area contributed by atoms with Crippen LogP contribution in [0.15, 0.2) is 74.3 Å². The van der Waals surface area contributed by atoms with Crippen LogP contribution in [-0.2, 0) is 4.74 Å². The fourth-order valence-corrected chi connectivity index (χ4v) is 4.03. The molecular formula is C24H19BrN4O4. The second kappa shape index (κ2) is 9.13. The van der Waals surface area contributed by atoms with Crippen molar-refractivity contribution in [3.8, 4) is 11.3 Å². The van der Waals surface area contributed by atoms with Gasteiger partial charge in [-0.3, -0.25) is 4.79 Å². The van der Waals surface area contributed by atoms with Gasteiger partial charge >= 0.3 is 5.63 Å². The molecule has 0 unspecified atom stereocenters. The van der Waals surface area contributed by atoms with Crippen LogP contribution in [0.5, 0.6) is 0 Å². The van der Waals surface area contributed by atoms with Gasteiger partial charge in [0.15, 0.2) is 5.82 Å². The minimum absolute atomic E-state index is 0.0688. The number of benzene rings is 2. The molecule has 2 aromatic carbocycles. The lowest BCUT2D eigenvalue weighted by Crippen LogP contribution is -2.36. The minimum atomic E-state index is -0.692. The summed E-state index contributed by atoms with van der Waals surface area (Å²) in [6, 6.07) is 17.8. The van der Waals surface area contributed by atoms with Crippen LogP contribution in [0.4, 0.5) is 11.5 Å². The van der Waals surface area contributed by atoms with Gasteiger partial charge in [-0.25, -0.2) is 4.79 Å². The van der Waals surface area contributed by atoms with Gasteiger partial charge in [-0.05, 0) is 48.5 Å². The summed E-state index contributed by atoms with van der Waals surface area (Å²) in [6.07, 6.45) is 0. The molecule has 0 saturated carbocycles. The third-order valence-corrected chi connectivity index (χ3v) is 5.83. The third-order valence-electron chi connectivity index (χ3n) is 5.34. The Morgan fingerprint density at radius 1 is 1.00 bits per heavy atom. The smallest absolute Gasteiger partial charge is 0.349 e. The van der Waals surface area contributed by atoms with E-state index in [0.717, 1.165) is 28.9 Å². The molecule has 0 atom stereocenters. The first-order valence-electron chi connectivity index (χ1n) is 10.4. The van der Waals surface area contributed by atoms with Gasteiger partial charge in [-0.1, -0.05) is 28.1 Å². The normalized spacial score (nSPS) is 13.8. The lowest BCUT2D eigenvalue weighted by Gasteiger charge is -2.27. The van der Waals surface area contributed by atoms with E-state index in [-0.39, 0.29) is 5.56 Å². The number of carbonyl (C=O) groups excluding carboxylic acids is 1. The van der Waals surface area contributed by atoms with E-state index in [1.807, 2.05) is 24.3 Å². The molecule has 2 aromatic heterocycles. The Kier molecular flexibility index (Phi) is 5.89. The van der Waals surface area contributed by atoms with Crippen LogP contribution in [0.1, 0.15) is 10.4 Å². The Labute approximate surface area is 197 Å². The summed E-state index contributed by atoms with van der Waals surface area (Å²) in [7, 11) is 0. The summed E-state index contributed by atoms with van der Waals surface area (Å²) < 4.78 is 11.5. The first kappa shape index (κ1) is 21.3. The quantitative estimate of drug-likeness (QED) is 0.416. The van der Waals surface area contributed by atoms with Crippen LogP contribution in [0.3, 0.4) is 0 Å². The van der Waals surface area contributed by atoms with Gasteiger partial charge in [0.25, 0.3) is 5.91 Å². The Hall–Kier alpha value is -3.56. The molecule has 0 spiro atoms. The number of nitrogens with one attached hydrogen (secondary N) is 1. The van der Waals surface area contributed by atoms with E-state index in [9.17, 15) is 9.59 Å². The van der Waals surface area contributed by atoms with Gasteiger partial charge < -0.3 is 19.4 Å². The zero-order valence-corrected chi connectivity index (χ0v) is 19.0. The van der Waals surface area contributed by atoms with E-state index in [1.54, 1.807) is 30.3 Å². The molecule has 8 nitrogen and oxygen atoms in total. The van der Waals surface area contributed by atoms with Crippen molar-refractivity contribution in [2.75, 3.05) is 36.5 Å². The molecule has 0 radical (unpaired) electrons. The first-order chi connectivity index (χ1) is 16.1. The van der Waals surface area contributed by atoms with Crippen LogP contribution < -0.4 is 15.8 Å². The van der Waals surface area contributed by atoms with E-state index >= 15 is 0 Å². The highest BCUT2D eigenvalue weighted by Gasteiger charge is 2.16. The molecule has 1 fully saturated rings. The van der Waals surface area contributed by atoms with Crippen LogP contribution in [0.2, 0.25) is 0 Å². The zero-order chi connectivity index (χ0) is 22.8. The van der Waals surface area contributed by atoms with Crippen LogP contribution in [-0.4, -0.2) is 42.4 Å². The fourth-order valence-electron chi connectivity index (χ4n) is 3.65. The molecule has 166 valence electrons. The number of carbonyl (C=O) groups is 1. The summed E-state index contributed by atoms with van der Waals surface area (Å²) in [5.41, 5.74) is 1.66. The maximum Gasteiger partial charge on any atom is 0.349 e. The topological polar surface area (TPSA) is 97.6 Å². The number of aromatic nitrogens is 2. The standard InChI is InChI=1S/C24H19BrN4O4/c25-17-4-6-21-16(12-17)14-19(24(31)33-21)23(30)26-18-3-1-2-15(13-18)20-5-7-22(28-27-20)29-8-10-32-11-9-29/h1-7,12-14H,8-11H2,(H,26,30). The number of halogens is 1. The van der Waals surface area contributed by atoms with Crippen LogP contribution in [0, 0.1) is 0 Å². The number of amides is 1. The number of rotatable bonds is 4. The monoisotopic (exact) mass is 506 g/mol. The lowest BCUT2D eigenvalue weighted by atomic mass is 10.1. The molecule has 9 heteroatoms. The van der Waals surface area contributed by atoms with Crippen LogP contribution in [0.25, 0.3) is 22.2 Å². The Bertz CT molecular complexity index is 1380. The molecule has 3 heterocycles. The van der Waals surface area contributed by atoms with E-state index in [2.05, 4.69) is 36.3 Å². The highest BCUT2D eigenvalue weighted by atomic mass is 79.9. The molecule has 0 aliphatic carbocycles. The lowest BCUT2D eigenvalue weighted by molar-refractivity contribution is 0.102. The van der Waals surface area contributed by atoms with Crippen molar-refractivity contribution in [2.45, 2.75) is 0 Å². The molecule has 4 aromatic rings. The largest absolute Gasteiger partial charge is 0.422 e. The maximum absolute atomic E-state index is 12.8. The molecule has 1 N–H and O–H groups in total. The Morgan fingerprint density at radius 2 is 1.85 bits per heavy atom. The van der Waals surface area contributed by atoms with Gasteiger partial charge in [0, 0.05) is 34.2 Å². The second-order valence-corrected chi connectivity index (χ2v) is 8.46. The third kappa shape index (κ3) is 4.64. The Balaban J connectivity index is 1.36. The molecule has 5 rings (SSSR count). The molecule has 1 amide bonds. The SMILES string of the molecule is O=C(Nc1cccc(-c2ccc(N3CCOCC3)nn2)c1)c1cc2cc(Br)ccc2oc1=O. The molecule has 1 aliphatic rings. The predicted molar refractivity (Wildman–Crippen MR) is 129 cm³/mol. The molecule has 1 aliphatic heterocycles. The number of nitrogens with zero attached hydrogens (tertiary/aromatic N) is 3. The van der Waals surface area contributed by atoms with Gasteiger partial charge in [0.05, 0.1) is 18.9 Å². The number of fused-ring (bicyclic) bond motifs is 1. The summed E-state index contributed by atoms with van der Waals surface area (Å²) in [4.78, 5) is 27.3. The van der Waals surface area contributed by atoms with Crippen molar-refractivity contribution in [1.29, 1.82) is 0 Å². The van der Waals surface area contributed by atoms with E-state index in [1.165, 1.54) is 6.07 Å². The van der Waals surface area contributed by atoms with Crippen molar-refractivity contribution >= 4 is 44.3 Å². The van der Waals surface area contributed by atoms with Crippen molar-refractivity contribution in [3.05, 3.63) is 81.1 Å². The second-order valence-electron chi connectivity index (χ2n) is 7.54. The van der Waals surface area contributed by atoms with Crippen molar-refractivity contribution in [2.24, 2.45) is 0 Å². The number of anilines is 2. The maximum atomic E-state index is 12.8. The number of hydrogen-bond donors (Lipinski definition) is 1. The Morgan fingerprint density at radius 3 is 2.64 bits per heavy atom. The molecule has 1 saturated heterocycles. The predicted octanol–water partition coefficient (Wildman–Crippen LogP) is 4.10. The summed E-state index contributed by atoms with van der Waals surface area (Å²) in [5.74, 6) is 0.262. The highest BCUT2D eigenvalue weighted by molar-refractivity contribution is 9.10. The van der Waals surface area contributed by atoms with E-state index in [4.69, 9.17) is 9.15 Å². The van der Waals surface area contributed by atoms with Crippen molar-refractivity contribution < 1.29 is 13.9 Å².